The fraction of sp³-hybridized carbons (Fsp3) is 0.292. The fourth-order valence-electron chi connectivity index (χ4n) is 4.98. The Labute approximate surface area is 193 Å². The van der Waals surface area contributed by atoms with Crippen LogP contribution in [-0.4, -0.2) is 56.1 Å². The Morgan fingerprint density at radius 3 is 2.66 bits per heavy atom. The second-order valence-corrected chi connectivity index (χ2v) is 10.3. The largest absolute Gasteiger partial charge is 0.339 e. The lowest BCUT2D eigenvalue weighted by atomic mass is 9.97. The molecule has 2 aliphatic heterocycles. The summed E-state index contributed by atoms with van der Waals surface area (Å²) >= 11 is 6.26. The van der Waals surface area contributed by atoms with Crippen LogP contribution >= 0.6 is 11.6 Å². The summed E-state index contributed by atoms with van der Waals surface area (Å²) in [6.07, 6.45) is 5.34. The molecule has 6 rings (SSSR count). The minimum Gasteiger partial charge on any atom is -0.339 e. The maximum atomic E-state index is 13.1. The molecule has 0 bridgehead atoms. The van der Waals surface area contributed by atoms with Gasteiger partial charge in [0.25, 0.3) is 0 Å². The van der Waals surface area contributed by atoms with E-state index < -0.39 is 10.8 Å². The first-order valence-electron chi connectivity index (χ1n) is 10.7. The van der Waals surface area contributed by atoms with Crippen molar-refractivity contribution in [3.63, 3.8) is 0 Å². The number of carbonyl (C=O) groups is 1. The number of amides is 1. The van der Waals surface area contributed by atoms with Gasteiger partial charge in [0, 0.05) is 54.7 Å². The average molecular weight is 465 g/mol. The molecule has 3 aromatic rings. The molecule has 3 unspecified atom stereocenters. The van der Waals surface area contributed by atoms with E-state index in [-0.39, 0.29) is 17.9 Å². The Hall–Kier alpha value is -2.61. The first-order chi connectivity index (χ1) is 15.6. The number of aromatic nitrogens is 2. The van der Waals surface area contributed by atoms with Gasteiger partial charge in [0.05, 0.1) is 34.2 Å². The fourth-order valence-corrected chi connectivity index (χ4v) is 6.60. The number of pyridine rings is 2. The van der Waals surface area contributed by atoms with Gasteiger partial charge in [-0.05, 0) is 46.5 Å². The number of hydrogen-bond acceptors (Lipinski definition) is 5. The van der Waals surface area contributed by atoms with Crippen molar-refractivity contribution in [3.8, 4) is 0 Å². The number of rotatable bonds is 2. The van der Waals surface area contributed by atoms with Crippen molar-refractivity contribution >= 4 is 28.3 Å². The monoisotopic (exact) mass is 464 g/mol. The molecule has 8 heteroatoms. The van der Waals surface area contributed by atoms with E-state index in [2.05, 4.69) is 9.88 Å². The molecule has 1 aromatic carbocycles. The Bertz CT molecular complexity index is 1240. The standard InChI is InChI=1S/C24H21ClN4O2S/c25-16-3-4-18-20(12-16)32(31)14-15-2-1-6-27-22(15)23(18)28-8-10-29(11-9-28)24(30)21-17-5-7-26-13-19(17)21/h1-7,12-13,21,23H,8-11,14H2. The molecule has 1 fully saturated rings. The zero-order chi connectivity index (χ0) is 21.8. The normalized spacial score (nSPS) is 24.2. The molecule has 4 heterocycles. The van der Waals surface area contributed by atoms with Crippen LogP contribution in [0.2, 0.25) is 5.02 Å². The van der Waals surface area contributed by atoms with Crippen LogP contribution in [0.4, 0.5) is 0 Å². The third-order valence-corrected chi connectivity index (χ3v) is 8.30. The summed E-state index contributed by atoms with van der Waals surface area (Å²) in [6, 6.07) is 11.4. The van der Waals surface area contributed by atoms with Crippen molar-refractivity contribution in [1.29, 1.82) is 0 Å². The highest BCUT2D eigenvalue weighted by Crippen LogP contribution is 2.44. The van der Waals surface area contributed by atoms with E-state index in [1.807, 2.05) is 41.3 Å². The van der Waals surface area contributed by atoms with Crippen molar-refractivity contribution in [2.75, 3.05) is 26.2 Å². The number of fused-ring (bicyclic) bond motifs is 3. The minimum atomic E-state index is -1.19. The first kappa shape index (κ1) is 20.0. The van der Waals surface area contributed by atoms with Crippen molar-refractivity contribution < 1.29 is 9.00 Å². The molecule has 3 aliphatic rings. The van der Waals surface area contributed by atoms with Gasteiger partial charge in [-0.25, -0.2) is 0 Å². The van der Waals surface area contributed by atoms with Crippen LogP contribution < -0.4 is 0 Å². The van der Waals surface area contributed by atoms with Gasteiger partial charge >= 0.3 is 0 Å². The number of benzene rings is 1. The summed E-state index contributed by atoms with van der Waals surface area (Å²) < 4.78 is 13.1. The van der Waals surface area contributed by atoms with Gasteiger partial charge in [-0.1, -0.05) is 23.7 Å². The lowest BCUT2D eigenvalue weighted by Crippen LogP contribution is -2.50. The van der Waals surface area contributed by atoms with Crippen molar-refractivity contribution in [2.24, 2.45) is 0 Å². The average Bonchev–Trinajstić information content (AvgIpc) is 3.57. The van der Waals surface area contributed by atoms with Crippen LogP contribution in [0.3, 0.4) is 0 Å². The molecule has 0 radical (unpaired) electrons. The topological polar surface area (TPSA) is 66.4 Å². The van der Waals surface area contributed by atoms with Gasteiger partial charge in [-0.3, -0.25) is 23.9 Å². The van der Waals surface area contributed by atoms with E-state index in [4.69, 9.17) is 16.6 Å². The van der Waals surface area contributed by atoms with Crippen LogP contribution in [0.1, 0.15) is 39.9 Å². The molecular weight excluding hydrogens is 444 g/mol. The molecule has 162 valence electrons. The van der Waals surface area contributed by atoms with Crippen molar-refractivity contribution in [1.82, 2.24) is 19.8 Å². The summed E-state index contributed by atoms with van der Waals surface area (Å²) in [5.41, 5.74) is 5.09. The predicted octanol–water partition coefficient (Wildman–Crippen LogP) is 3.13. The highest BCUT2D eigenvalue weighted by Gasteiger charge is 2.43. The zero-order valence-electron chi connectivity index (χ0n) is 17.3. The van der Waals surface area contributed by atoms with Gasteiger partial charge in [0.2, 0.25) is 5.91 Å². The van der Waals surface area contributed by atoms with Gasteiger partial charge in [0.1, 0.15) is 0 Å². The quantitative estimate of drug-likeness (QED) is 0.583. The molecule has 0 saturated carbocycles. The predicted molar refractivity (Wildman–Crippen MR) is 122 cm³/mol. The molecular formula is C24H21ClN4O2S. The van der Waals surface area contributed by atoms with Crippen LogP contribution in [0.25, 0.3) is 0 Å². The molecule has 32 heavy (non-hydrogen) atoms. The Balaban J connectivity index is 1.28. The van der Waals surface area contributed by atoms with Gasteiger partial charge < -0.3 is 4.90 Å². The van der Waals surface area contributed by atoms with E-state index in [0.717, 1.165) is 45.9 Å². The van der Waals surface area contributed by atoms with Crippen LogP contribution in [0.5, 0.6) is 0 Å². The zero-order valence-corrected chi connectivity index (χ0v) is 18.9. The van der Waals surface area contributed by atoms with Crippen LogP contribution in [0, 0.1) is 0 Å². The van der Waals surface area contributed by atoms with E-state index in [1.165, 1.54) is 0 Å². The number of carbonyl (C=O) groups excluding carboxylic acids is 1. The van der Waals surface area contributed by atoms with Crippen LogP contribution in [0.15, 0.2) is 59.9 Å². The lowest BCUT2D eigenvalue weighted by Gasteiger charge is -2.39. The van der Waals surface area contributed by atoms with Crippen molar-refractivity contribution in [2.45, 2.75) is 22.6 Å². The third kappa shape index (κ3) is 3.27. The van der Waals surface area contributed by atoms with E-state index >= 15 is 0 Å². The number of piperazine rings is 1. The molecule has 1 saturated heterocycles. The number of hydrogen-bond donors (Lipinski definition) is 0. The van der Waals surface area contributed by atoms with Crippen LogP contribution in [-0.2, 0) is 21.3 Å². The number of halogens is 1. The maximum absolute atomic E-state index is 13.1. The summed E-state index contributed by atoms with van der Waals surface area (Å²) in [4.78, 5) is 27.0. The first-order valence-corrected chi connectivity index (χ1v) is 12.4. The lowest BCUT2D eigenvalue weighted by molar-refractivity contribution is -0.132. The van der Waals surface area contributed by atoms with Gasteiger partial charge in [-0.2, -0.15) is 0 Å². The Kier molecular flexibility index (Phi) is 4.86. The maximum Gasteiger partial charge on any atom is 0.234 e. The van der Waals surface area contributed by atoms with E-state index in [0.29, 0.717) is 23.9 Å². The Morgan fingerprint density at radius 1 is 1.03 bits per heavy atom. The Morgan fingerprint density at radius 2 is 1.88 bits per heavy atom. The highest BCUT2D eigenvalue weighted by molar-refractivity contribution is 7.84. The summed E-state index contributed by atoms with van der Waals surface area (Å²) in [7, 11) is -1.19. The molecule has 1 amide bonds. The highest BCUT2D eigenvalue weighted by atomic mass is 35.5. The summed E-state index contributed by atoms with van der Waals surface area (Å²) in [5.74, 6) is 0.481. The second kappa shape index (κ2) is 7.76. The molecule has 0 spiro atoms. The van der Waals surface area contributed by atoms with Gasteiger partial charge in [0.15, 0.2) is 0 Å². The minimum absolute atomic E-state index is 0.107. The van der Waals surface area contributed by atoms with E-state index in [9.17, 15) is 9.00 Å². The summed E-state index contributed by atoms with van der Waals surface area (Å²) in [6.45, 7) is 2.76. The summed E-state index contributed by atoms with van der Waals surface area (Å²) in [5, 5.41) is 0.587. The molecule has 6 nitrogen and oxygen atoms in total. The van der Waals surface area contributed by atoms with E-state index in [1.54, 1.807) is 18.6 Å². The molecule has 3 atom stereocenters. The second-order valence-electron chi connectivity index (χ2n) is 8.42. The molecule has 2 aromatic heterocycles. The third-order valence-electron chi connectivity index (χ3n) is 6.65. The molecule has 1 aliphatic carbocycles. The smallest absolute Gasteiger partial charge is 0.234 e. The van der Waals surface area contributed by atoms with Crippen molar-refractivity contribution in [3.05, 3.63) is 88.0 Å². The number of nitrogens with zero attached hydrogens (tertiary/aromatic N) is 4. The van der Waals surface area contributed by atoms with Gasteiger partial charge in [-0.15, -0.1) is 0 Å². The molecule has 0 N–H and O–H groups in total. The SMILES string of the molecule is O=C(C1c2ccncc21)N1CCN(C2c3ccc(Cl)cc3S(=O)Cc3cccnc32)CC1.